The molecule has 4 rings (SSSR count). The maximum absolute atomic E-state index is 12.6. The Labute approximate surface area is 178 Å². The van der Waals surface area contributed by atoms with Gasteiger partial charge in [-0.15, -0.1) is 16.4 Å². The zero-order chi connectivity index (χ0) is 20.2. The molecule has 2 aliphatic rings. The first kappa shape index (κ1) is 19.6. The van der Waals surface area contributed by atoms with E-state index >= 15 is 0 Å². The van der Waals surface area contributed by atoms with Gasteiger partial charge < -0.3 is 4.84 Å². The highest BCUT2D eigenvalue weighted by molar-refractivity contribution is 8.16. The van der Waals surface area contributed by atoms with E-state index in [1.165, 1.54) is 23.1 Å². The van der Waals surface area contributed by atoms with Gasteiger partial charge in [0.15, 0.2) is 6.04 Å². The number of carbonyl (C=O) groups excluding carboxylic acids is 3. The molecule has 1 aromatic heterocycles. The van der Waals surface area contributed by atoms with E-state index in [1.807, 2.05) is 13.8 Å². The van der Waals surface area contributed by atoms with Crippen molar-refractivity contribution in [2.75, 3.05) is 0 Å². The van der Waals surface area contributed by atoms with E-state index in [0.717, 1.165) is 4.70 Å². The number of thioether (sulfide) groups is 1. The van der Waals surface area contributed by atoms with Crippen molar-refractivity contribution >= 4 is 79.3 Å². The Morgan fingerprint density at radius 2 is 1.93 bits per heavy atom. The van der Waals surface area contributed by atoms with Gasteiger partial charge in [-0.2, -0.15) is 0 Å². The number of aromatic nitrogens is 1. The largest absolute Gasteiger partial charge is 0.358 e. The van der Waals surface area contributed by atoms with Gasteiger partial charge in [0.1, 0.15) is 10.1 Å². The maximum Gasteiger partial charge on any atom is 0.358 e. The van der Waals surface area contributed by atoms with Crippen LogP contribution in [0.2, 0.25) is 10.0 Å². The lowest BCUT2D eigenvalue weighted by atomic mass is 10.0. The second-order valence-corrected chi connectivity index (χ2v) is 10.3. The molecule has 1 fully saturated rings. The number of hydrogen-bond donors (Lipinski definition) is 0. The molecule has 2 aromatic rings. The number of imide groups is 1. The molecule has 1 atom stereocenters. The van der Waals surface area contributed by atoms with Crippen LogP contribution in [-0.4, -0.2) is 43.7 Å². The zero-order valence-electron chi connectivity index (χ0n) is 14.7. The van der Waals surface area contributed by atoms with E-state index in [2.05, 4.69) is 9.98 Å². The van der Waals surface area contributed by atoms with Crippen LogP contribution in [0.25, 0.3) is 10.2 Å². The Morgan fingerprint density at radius 3 is 2.61 bits per heavy atom. The third-order valence-electron chi connectivity index (χ3n) is 4.27. The van der Waals surface area contributed by atoms with Crippen molar-refractivity contribution in [3.05, 3.63) is 27.2 Å². The van der Waals surface area contributed by atoms with Gasteiger partial charge in [-0.3, -0.25) is 14.6 Å². The number of fused-ring (bicyclic) bond motifs is 1. The molecular formula is C17H13Cl2N3O4S2. The van der Waals surface area contributed by atoms with Crippen molar-refractivity contribution in [2.45, 2.75) is 37.5 Å². The fourth-order valence-corrected chi connectivity index (χ4v) is 5.63. The van der Waals surface area contributed by atoms with Gasteiger partial charge in [0, 0.05) is 22.6 Å². The van der Waals surface area contributed by atoms with Crippen molar-refractivity contribution in [3.8, 4) is 0 Å². The highest BCUT2D eigenvalue weighted by Crippen LogP contribution is 2.43. The van der Waals surface area contributed by atoms with Gasteiger partial charge >= 0.3 is 5.97 Å². The van der Waals surface area contributed by atoms with E-state index in [-0.39, 0.29) is 12.8 Å². The van der Waals surface area contributed by atoms with Crippen molar-refractivity contribution in [2.24, 2.45) is 4.99 Å². The SMILES string of the molecule is CC1(C)SC(c2nc3cc(Cl)cc(Cl)c3s2)=NC1C(=O)ON1C(=O)CCC1=O. The average Bonchev–Trinajstić information content (AvgIpc) is 3.25. The molecule has 0 aliphatic carbocycles. The molecule has 0 spiro atoms. The number of benzene rings is 1. The van der Waals surface area contributed by atoms with E-state index in [9.17, 15) is 14.4 Å². The summed E-state index contributed by atoms with van der Waals surface area (Å²) in [6.07, 6.45) is 0.0803. The van der Waals surface area contributed by atoms with Crippen molar-refractivity contribution in [1.29, 1.82) is 0 Å². The molecule has 0 bridgehead atoms. The van der Waals surface area contributed by atoms with Crippen LogP contribution in [0.4, 0.5) is 0 Å². The number of thiazole rings is 1. The van der Waals surface area contributed by atoms with Crippen LogP contribution in [0.5, 0.6) is 0 Å². The Bertz CT molecular complexity index is 1050. The number of hydrogen-bond acceptors (Lipinski definition) is 8. The van der Waals surface area contributed by atoms with Crippen LogP contribution < -0.4 is 0 Å². The number of carbonyl (C=O) groups is 3. The van der Waals surface area contributed by atoms with Gasteiger partial charge in [-0.1, -0.05) is 35.0 Å². The lowest BCUT2D eigenvalue weighted by Crippen LogP contribution is -2.41. The summed E-state index contributed by atoms with van der Waals surface area (Å²) in [7, 11) is 0. The normalized spacial score (nSPS) is 21.5. The summed E-state index contributed by atoms with van der Waals surface area (Å²) in [5.74, 6) is -1.80. The van der Waals surface area contributed by atoms with E-state index < -0.39 is 28.6 Å². The van der Waals surface area contributed by atoms with Crippen LogP contribution in [0, 0.1) is 0 Å². The molecule has 28 heavy (non-hydrogen) atoms. The van der Waals surface area contributed by atoms with Gasteiger partial charge in [0.05, 0.1) is 15.2 Å². The molecule has 2 aliphatic heterocycles. The highest BCUT2D eigenvalue weighted by atomic mass is 35.5. The molecule has 2 amide bonds. The quantitative estimate of drug-likeness (QED) is 0.650. The topological polar surface area (TPSA) is 88.9 Å². The maximum atomic E-state index is 12.6. The van der Waals surface area contributed by atoms with Crippen molar-refractivity contribution < 1.29 is 19.2 Å². The Kier molecular flexibility index (Phi) is 4.89. The number of hydroxylamine groups is 2. The lowest BCUT2D eigenvalue weighted by molar-refractivity contribution is -0.198. The molecule has 0 N–H and O–H groups in total. The summed E-state index contributed by atoms with van der Waals surface area (Å²) in [6.45, 7) is 3.68. The molecule has 1 aromatic carbocycles. The Morgan fingerprint density at radius 1 is 1.25 bits per heavy atom. The van der Waals surface area contributed by atoms with Crippen LogP contribution in [0.3, 0.4) is 0 Å². The number of halogens is 2. The predicted molar refractivity (Wildman–Crippen MR) is 109 cm³/mol. The Hall–Kier alpha value is -1.68. The highest BCUT2D eigenvalue weighted by Gasteiger charge is 2.46. The summed E-state index contributed by atoms with van der Waals surface area (Å²) in [4.78, 5) is 50.1. The molecular weight excluding hydrogens is 445 g/mol. The molecule has 146 valence electrons. The van der Waals surface area contributed by atoms with Gasteiger partial charge in [0.2, 0.25) is 0 Å². The summed E-state index contributed by atoms with van der Waals surface area (Å²) < 4.78 is 0.138. The molecule has 3 heterocycles. The zero-order valence-corrected chi connectivity index (χ0v) is 17.8. The van der Waals surface area contributed by atoms with E-state index in [0.29, 0.717) is 30.7 Å². The monoisotopic (exact) mass is 457 g/mol. The lowest BCUT2D eigenvalue weighted by Gasteiger charge is -2.23. The molecule has 0 radical (unpaired) electrons. The van der Waals surface area contributed by atoms with E-state index in [1.54, 1.807) is 12.1 Å². The smallest absolute Gasteiger partial charge is 0.328 e. The molecule has 11 heteroatoms. The van der Waals surface area contributed by atoms with Crippen molar-refractivity contribution in [1.82, 2.24) is 10.0 Å². The summed E-state index contributed by atoms with van der Waals surface area (Å²) in [5, 5.41) is 2.70. The van der Waals surface area contributed by atoms with Crippen LogP contribution >= 0.6 is 46.3 Å². The summed E-state index contributed by atoms with van der Waals surface area (Å²) >= 11 is 15.0. The summed E-state index contributed by atoms with van der Waals surface area (Å²) in [6, 6.07) is 2.47. The number of aliphatic imine (C=N–C) groups is 1. The first-order valence-electron chi connectivity index (χ1n) is 8.26. The Balaban J connectivity index is 1.63. The third kappa shape index (κ3) is 3.41. The first-order chi connectivity index (χ1) is 13.2. The summed E-state index contributed by atoms with van der Waals surface area (Å²) in [5.41, 5.74) is 0.651. The predicted octanol–water partition coefficient (Wildman–Crippen LogP) is 3.85. The van der Waals surface area contributed by atoms with Crippen LogP contribution in [0.1, 0.15) is 31.7 Å². The molecule has 1 saturated heterocycles. The second-order valence-electron chi connectivity index (χ2n) is 6.79. The fourth-order valence-electron chi connectivity index (χ4n) is 2.89. The molecule has 0 saturated carbocycles. The second kappa shape index (κ2) is 6.98. The minimum absolute atomic E-state index is 0.0401. The molecule has 1 unspecified atom stereocenters. The minimum atomic E-state index is -0.889. The molecule has 7 nitrogen and oxygen atoms in total. The minimum Gasteiger partial charge on any atom is -0.328 e. The standard InChI is InChI=1S/C17H13Cl2N3O4S2/c1-17(2)13(16(25)26-22-10(23)3-4-11(22)24)21-15(28-17)14-20-9-6-7(18)5-8(19)12(9)27-14/h5-6,13H,3-4H2,1-2H3. The number of rotatable bonds is 3. The first-order valence-corrected chi connectivity index (χ1v) is 10.6. The van der Waals surface area contributed by atoms with Gasteiger partial charge in [-0.25, -0.2) is 9.78 Å². The van der Waals surface area contributed by atoms with Crippen LogP contribution in [0.15, 0.2) is 17.1 Å². The van der Waals surface area contributed by atoms with Crippen LogP contribution in [-0.2, 0) is 19.2 Å². The fraction of sp³-hybridized carbons (Fsp3) is 0.353. The average molecular weight is 458 g/mol. The van der Waals surface area contributed by atoms with Gasteiger partial charge in [-0.05, 0) is 26.0 Å². The third-order valence-corrected chi connectivity index (χ3v) is 7.38. The number of nitrogens with zero attached hydrogens (tertiary/aromatic N) is 3. The van der Waals surface area contributed by atoms with E-state index in [4.69, 9.17) is 28.0 Å². The van der Waals surface area contributed by atoms with Gasteiger partial charge in [0.25, 0.3) is 11.8 Å². The number of amides is 2. The van der Waals surface area contributed by atoms with Crippen molar-refractivity contribution in [3.63, 3.8) is 0 Å².